The van der Waals surface area contributed by atoms with Gasteiger partial charge in [-0.25, -0.2) is 4.99 Å². The Morgan fingerprint density at radius 3 is 2.36 bits per heavy atom. The Balaban J connectivity index is 1.52. The predicted molar refractivity (Wildman–Crippen MR) is 138 cm³/mol. The number of benzene rings is 3. The van der Waals surface area contributed by atoms with E-state index in [1.54, 1.807) is 55.7 Å². The normalized spacial score (nSPS) is 15.1. The molecule has 0 bridgehead atoms. The smallest absolute Gasteiger partial charge is 0.318 e. The molecule has 1 aliphatic rings. The number of carbonyl (C=O) groups is 1. The van der Waals surface area contributed by atoms with Gasteiger partial charge in [0.15, 0.2) is 5.17 Å². The number of ether oxygens (including phenoxy) is 2. The van der Waals surface area contributed by atoms with E-state index in [1.165, 1.54) is 17.8 Å². The number of hydrogen-bond acceptors (Lipinski definition) is 9. The molecule has 3 aromatic rings. The van der Waals surface area contributed by atoms with Crippen LogP contribution in [0.25, 0.3) is 6.08 Å². The molecule has 36 heavy (non-hydrogen) atoms. The first-order valence-corrected chi connectivity index (χ1v) is 11.7. The van der Waals surface area contributed by atoms with Crippen molar-refractivity contribution in [1.82, 2.24) is 5.32 Å². The van der Waals surface area contributed by atoms with Gasteiger partial charge in [-0.15, -0.1) is 0 Å². The Morgan fingerprint density at radius 1 is 1.00 bits per heavy atom. The van der Waals surface area contributed by atoms with Crippen molar-refractivity contribution in [2.75, 3.05) is 7.11 Å². The number of rotatable bonds is 7. The van der Waals surface area contributed by atoms with E-state index in [9.17, 15) is 25.0 Å². The molecule has 1 aliphatic heterocycles. The van der Waals surface area contributed by atoms with Crippen LogP contribution in [0.3, 0.4) is 0 Å². The molecule has 0 aliphatic carbocycles. The van der Waals surface area contributed by atoms with Crippen molar-refractivity contribution in [3.05, 3.63) is 95.8 Å². The highest BCUT2D eigenvalue weighted by molar-refractivity contribution is 9.10. The number of nitrogens with one attached hydrogen (secondary N) is 1. The molecule has 1 saturated heterocycles. The zero-order valence-corrected chi connectivity index (χ0v) is 20.7. The molecule has 0 radical (unpaired) electrons. The minimum atomic E-state index is -0.754. The third kappa shape index (κ3) is 5.70. The lowest BCUT2D eigenvalue weighted by molar-refractivity contribution is -0.394. The van der Waals surface area contributed by atoms with Crippen LogP contribution in [0.1, 0.15) is 5.56 Å². The summed E-state index contributed by atoms with van der Waals surface area (Å²) in [7, 11) is 1.57. The Morgan fingerprint density at radius 2 is 1.72 bits per heavy atom. The number of halogens is 1. The number of amidine groups is 1. The number of nitro benzene ring substituents is 2. The topological polar surface area (TPSA) is 146 Å². The van der Waals surface area contributed by atoms with Crippen molar-refractivity contribution in [2.24, 2.45) is 4.99 Å². The van der Waals surface area contributed by atoms with E-state index in [0.717, 1.165) is 12.1 Å². The Labute approximate surface area is 216 Å². The van der Waals surface area contributed by atoms with Crippen LogP contribution in [0, 0.1) is 20.2 Å². The zero-order chi connectivity index (χ0) is 25.8. The number of hydrogen-bond donors (Lipinski definition) is 1. The molecule has 11 nitrogen and oxygen atoms in total. The van der Waals surface area contributed by atoms with E-state index < -0.39 is 21.2 Å². The number of nitrogens with zero attached hydrogens (tertiary/aromatic N) is 3. The summed E-state index contributed by atoms with van der Waals surface area (Å²) in [5, 5.41) is 25.4. The summed E-state index contributed by atoms with van der Waals surface area (Å²) in [6.07, 6.45) is 1.67. The first kappa shape index (κ1) is 24.9. The van der Waals surface area contributed by atoms with Gasteiger partial charge < -0.3 is 14.8 Å². The fourth-order valence-corrected chi connectivity index (χ4v) is 4.38. The number of carbonyl (C=O) groups excluding carboxylic acids is 1. The second-order valence-corrected chi connectivity index (χ2v) is 9.02. The summed E-state index contributed by atoms with van der Waals surface area (Å²) in [4.78, 5) is 38.0. The predicted octanol–water partition coefficient (Wildman–Crippen LogP) is 5.96. The fraction of sp³-hybridized carbons (Fsp3) is 0.0435. The van der Waals surface area contributed by atoms with E-state index in [2.05, 4.69) is 26.2 Å². The van der Waals surface area contributed by atoms with Crippen molar-refractivity contribution in [1.29, 1.82) is 0 Å². The van der Waals surface area contributed by atoms with Crippen LogP contribution < -0.4 is 14.8 Å². The van der Waals surface area contributed by atoms with Gasteiger partial charge >= 0.3 is 5.69 Å². The number of thioether (sulfide) groups is 1. The molecule has 0 atom stereocenters. The average molecular weight is 571 g/mol. The standard InChI is InChI=1S/C23H15BrN4O7S/c1-34-16-6-3-14(4-7-16)25-23-26-22(29)21(36-23)11-13-2-8-19(17(24)10-13)35-20-9-5-15(27(30)31)12-18(20)28(32)33/h2-12H,1H3,(H,25,26,29)/b21-11-. The fourth-order valence-electron chi connectivity index (χ4n) is 3.06. The molecule has 1 amide bonds. The zero-order valence-electron chi connectivity index (χ0n) is 18.3. The second-order valence-electron chi connectivity index (χ2n) is 7.14. The van der Waals surface area contributed by atoms with Crippen LogP contribution in [0.2, 0.25) is 0 Å². The molecule has 4 rings (SSSR count). The highest BCUT2D eigenvalue weighted by atomic mass is 79.9. The minimum Gasteiger partial charge on any atom is -0.497 e. The molecule has 182 valence electrons. The lowest BCUT2D eigenvalue weighted by Crippen LogP contribution is -2.19. The molecule has 3 aromatic carbocycles. The number of nitro groups is 2. The van der Waals surface area contributed by atoms with Crippen LogP contribution in [0.4, 0.5) is 17.1 Å². The molecule has 0 spiro atoms. The van der Waals surface area contributed by atoms with E-state index in [4.69, 9.17) is 9.47 Å². The minimum absolute atomic E-state index is 0.150. The maximum absolute atomic E-state index is 12.4. The van der Waals surface area contributed by atoms with E-state index in [1.807, 2.05) is 0 Å². The van der Waals surface area contributed by atoms with Crippen molar-refractivity contribution < 1.29 is 24.1 Å². The van der Waals surface area contributed by atoms with Crippen LogP contribution in [-0.4, -0.2) is 28.0 Å². The van der Waals surface area contributed by atoms with Gasteiger partial charge in [-0.3, -0.25) is 25.0 Å². The number of methoxy groups -OCH3 is 1. The Kier molecular flexibility index (Phi) is 7.31. The van der Waals surface area contributed by atoms with E-state index in [0.29, 0.717) is 31.5 Å². The van der Waals surface area contributed by atoms with Crippen molar-refractivity contribution >= 4 is 61.9 Å². The monoisotopic (exact) mass is 570 g/mol. The number of aliphatic imine (C=N–C) groups is 1. The maximum atomic E-state index is 12.4. The Bertz CT molecular complexity index is 1440. The largest absolute Gasteiger partial charge is 0.497 e. The van der Waals surface area contributed by atoms with Crippen LogP contribution >= 0.6 is 27.7 Å². The Hall–Kier alpha value is -4.23. The van der Waals surface area contributed by atoms with Crippen LogP contribution in [0.15, 0.2) is 75.0 Å². The summed E-state index contributed by atoms with van der Waals surface area (Å²) in [5.74, 6) is 0.496. The van der Waals surface area contributed by atoms with Crippen molar-refractivity contribution in [3.8, 4) is 17.2 Å². The number of non-ortho nitro benzene ring substituents is 1. The lowest BCUT2D eigenvalue weighted by atomic mass is 10.2. The van der Waals surface area contributed by atoms with Gasteiger partial charge in [0.1, 0.15) is 11.5 Å². The molecule has 13 heteroatoms. The third-order valence-electron chi connectivity index (χ3n) is 4.78. The lowest BCUT2D eigenvalue weighted by Gasteiger charge is -2.09. The summed E-state index contributed by atoms with van der Waals surface area (Å²) < 4.78 is 11.2. The molecular formula is C23H15BrN4O7S. The van der Waals surface area contributed by atoms with Crippen molar-refractivity contribution in [3.63, 3.8) is 0 Å². The third-order valence-corrected chi connectivity index (χ3v) is 6.31. The van der Waals surface area contributed by atoms with Crippen molar-refractivity contribution in [2.45, 2.75) is 0 Å². The molecule has 1 fully saturated rings. The molecule has 0 aromatic heterocycles. The first-order valence-electron chi connectivity index (χ1n) is 10.1. The second kappa shape index (κ2) is 10.6. The van der Waals surface area contributed by atoms with Gasteiger partial charge in [0, 0.05) is 6.07 Å². The highest BCUT2D eigenvalue weighted by Crippen LogP contribution is 2.38. The molecule has 1 heterocycles. The van der Waals surface area contributed by atoms with Crippen LogP contribution in [-0.2, 0) is 4.79 Å². The van der Waals surface area contributed by atoms with Gasteiger partial charge in [0.05, 0.1) is 38.1 Å². The summed E-state index contributed by atoms with van der Waals surface area (Å²) in [6, 6.07) is 15.1. The van der Waals surface area contributed by atoms with Gasteiger partial charge in [-0.2, -0.15) is 0 Å². The molecule has 1 N–H and O–H groups in total. The molecule has 0 unspecified atom stereocenters. The van der Waals surface area contributed by atoms with Crippen LogP contribution in [0.5, 0.6) is 17.2 Å². The highest BCUT2D eigenvalue weighted by Gasteiger charge is 2.24. The average Bonchev–Trinajstić information content (AvgIpc) is 3.19. The van der Waals surface area contributed by atoms with Gasteiger partial charge in [-0.1, -0.05) is 6.07 Å². The van der Waals surface area contributed by atoms with Gasteiger partial charge in [0.2, 0.25) is 5.75 Å². The summed E-state index contributed by atoms with van der Waals surface area (Å²) >= 11 is 4.55. The quantitative estimate of drug-likeness (QED) is 0.208. The molecular weight excluding hydrogens is 556 g/mol. The summed E-state index contributed by atoms with van der Waals surface area (Å²) in [5.41, 5.74) is 0.363. The number of amides is 1. The van der Waals surface area contributed by atoms with Gasteiger partial charge in [-0.05, 0) is 81.8 Å². The first-order chi connectivity index (χ1) is 17.2. The molecule has 0 saturated carbocycles. The van der Waals surface area contributed by atoms with E-state index >= 15 is 0 Å². The maximum Gasteiger partial charge on any atom is 0.318 e. The SMILES string of the molecule is COc1ccc(N=C2NC(=O)/C(=C/c3ccc(Oc4ccc([N+](=O)[O-])cc4[N+](=O)[O-])c(Br)c3)S2)cc1. The van der Waals surface area contributed by atoms with E-state index in [-0.39, 0.29) is 17.4 Å². The summed E-state index contributed by atoms with van der Waals surface area (Å²) in [6.45, 7) is 0. The van der Waals surface area contributed by atoms with Gasteiger partial charge in [0.25, 0.3) is 11.6 Å².